The van der Waals surface area contributed by atoms with Gasteiger partial charge in [0.25, 0.3) is 0 Å². The molecule has 0 aliphatic heterocycles. The minimum Gasteiger partial charge on any atom is -0.399 e. The summed E-state index contributed by atoms with van der Waals surface area (Å²) in [5, 5.41) is 9.12. The highest BCUT2D eigenvalue weighted by molar-refractivity contribution is 5.24. The van der Waals surface area contributed by atoms with Gasteiger partial charge in [0, 0.05) is 12.1 Å². The van der Waals surface area contributed by atoms with E-state index in [4.69, 9.17) is 16.6 Å². The minimum absolute atomic E-state index is 0.438. The fraction of sp³-hybridized carbons (Fsp3) is 0.333. The molecule has 0 heterocycles. The Balaban J connectivity index is 2.78. The van der Waals surface area contributed by atoms with E-state index in [-0.39, 0.29) is 0 Å². The molecule has 9 heavy (non-hydrogen) atoms. The molecule has 0 amide bonds. The van der Waals surface area contributed by atoms with Crippen LogP contribution in [0.25, 0.3) is 0 Å². The molecule has 1 atom stereocenters. The van der Waals surface area contributed by atoms with Gasteiger partial charge in [-0.3, -0.25) is 5.73 Å². The maximum absolute atomic E-state index is 9.12. The van der Waals surface area contributed by atoms with Crippen molar-refractivity contribution in [2.24, 2.45) is 11.5 Å². The summed E-state index contributed by atoms with van der Waals surface area (Å²) in [5.74, 6) is 0. The van der Waals surface area contributed by atoms with Crippen molar-refractivity contribution in [3.8, 4) is 0 Å². The molecule has 3 nitrogen and oxygen atoms in total. The Morgan fingerprint density at radius 1 is 1.67 bits per heavy atom. The summed E-state index contributed by atoms with van der Waals surface area (Å²) in [6, 6.07) is 0. The van der Waals surface area contributed by atoms with Gasteiger partial charge in [0.2, 0.25) is 0 Å². The van der Waals surface area contributed by atoms with Crippen molar-refractivity contribution in [2.45, 2.75) is 12.1 Å². The molecule has 0 saturated heterocycles. The second kappa shape index (κ2) is 1.86. The van der Waals surface area contributed by atoms with Gasteiger partial charge in [0.05, 0.1) is 0 Å². The summed E-state index contributed by atoms with van der Waals surface area (Å²) >= 11 is 0. The summed E-state index contributed by atoms with van der Waals surface area (Å²) < 4.78 is 0. The Kier molecular flexibility index (Phi) is 1.31. The highest BCUT2D eigenvalue weighted by atomic mass is 16.3. The van der Waals surface area contributed by atoms with Crippen LogP contribution in [0.3, 0.4) is 0 Å². The average Bonchev–Trinajstić information content (AvgIpc) is 1.60. The molecule has 1 aliphatic rings. The highest BCUT2D eigenvalue weighted by Gasteiger charge is 2.17. The maximum atomic E-state index is 9.12. The number of hydrogen-bond acceptors (Lipinski definition) is 3. The van der Waals surface area contributed by atoms with E-state index in [1.807, 2.05) is 0 Å². The average molecular weight is 126 g/mol. The first-order valence-corrected chi connectivity index (χ1v) is 2.76. The van der Waals surface area contributed by atoms with Crippen LogP contribution in [0.2, 0.25) is 0 Å². The molecular formula is C6H10N2O. The molecule has 0 aromatic heterocycles. The summed E-state index contributed by atoms with van der Waals surface area (Å²) in [6.45, 7) is 0. The molecule has 0 spiro atoms. The standard InChI is InChI=1S/C6H10N2O/c7-5-2-1-3-6(8,9)4-5/h1-2,4,9H,3,7-8H2. The third kappa shape index (κ3) is 1.55. The quantitative estimate of drug-likeness (QED) is 0.381. The van der Waals surface area contributed by atoms with E-state index in [1.165, 1.54) is 6.08 Å². The molecule has 1 rings (SSSR count). The van der Waals surface area contributed by atoms with Gasteiger partial charge in [-0.1, -0.05) is 6.08 Å². The molecule has 3 heteroatoms. The van der Waals surface area contributed by atoms with Gasteiger partial charge in [-0.25, -0.2) is 0 Å². The normalized spacial score (nSPS) is 34.2. The van der Waals surface area contributed by atoms with Gasteiger partial charge in [-0.15, -0.1) is 0 Å². The van der Waals surface area contributed by atoms with Crippen molar-refractivity contribution in [3.63, 3.8) is 0 Å². The molecule has 0 saturated carbocycles. The molecule has 1 unspecified atom stereocenters. The van der Waals surface area contributed by atoms with Crippen LogP contribution in [0.4, 0.5) is 0 Å². The smallest absolute Gasteiger partial charge is 0.138 e. The van der Waals surface area contributed by atoms with Crippen molar-refractivity contribution in [1.29, 1.82) is 0 Å². The van der Waals surface area contributed by atoms with Crippen LogP contribution >= 0.6 is 0 Å². The fourth-order valence-electron chi connectivity index (χ4n) is 0.779. The zero-order valence-electron chi connectivity index (χ0n) is 5.04. The van der Waals surface area contributed by atoms with Crippen LogP contribution in [0.1, 0.15) is 6.42 Å². The molecule has 50 valence electrons. The lowest BCUT2D eigenvalue weighted by Crippen LogP contribution is -2.38. The van der Waals surface area contributed by atoms with Crippen molar-refractivity contribution >= 4 is 0 Å². The lowest BCUT2D eigenvalue weighted by Gasteiger charge is -2.19. The topological polar surface area (TPSA) is 72.3 Å². The molecule has 0 bridgehead atoms. The van der Waals surface area contributed by atoms with E-state index in [2.05, 4.69) is 0 Å². The van der Waals surface area contributed by atoms with Gasteiger partial charge in [0.1, 0.15) is 5.72 Å². The van der Waals surface area contributed by atoms with Gasteiger partial charge in [0.15, 0.2) is 0 Å². The zero-order chi connectivity index (χ0) is 6.91. The van der Waals surface area contributed by atoms with Crippen LogP contribution in [0, 0.1) is 0 Å². The maximum Gasteiger partial charge on any atom is 0.138 e. The second-order valence-corrected chi connectivity index (χ2v) is 2.24. The highest BCUT2D eigenvalue weighted by Crippen LogP contribution is 2.12. The molecule has 0 radical (unpaired) electrons. The first kappa shape index (κ1) is 6.32. The van der Waals surface area contributed by atoms with Gasteiger partial charge in [-0.2, -0.15) is 0 Å². The fourth-order valence-corrected chi connectivity index (χ4v) is 0.779. The molecule has 0 aromatic rings. The lowest BCUT2D eigenvalue weighted by atomic mass is 10.0. The first-order valence-electron chi connectivity index (χ1n) is 2.76. The number of allylic oxidation sites excluding steroid dienone is 1. The van der Waals surface area contributed by atoms with E-state index < -0.39 is 5.72 Å². The van der Waals surface area contributed by atoms with E-state index in [0.717, 1.165) is 0 Å². The molecular weight excluding hydrogens is 116 g/mol. The summed E-state index contributed by atoms with van der Waals surface area (Å²) in [6.07, 6.45) is 5.34. The zero-order valence-corrected chi connectivity index (χ0v) is 5.04. The van der Waals surface area contributed by atoms with E-state index >= 15 is 0 Å². The molecule has 0 fully saturated rings. The Bertz CT molecular complexity index is 170. The SMILES string of the molecule is NC1=CC(N)(O)CC=C1. The number of aliphatic hydroxyl groups is 1. The summed E-state index contributed by atoms with van der Waals surface area (Å²) in [5.41, 5.74) is 9.96. The van der Waals surface area contributed by atoms with Crippen LogP contribution in [-0.2, 0) is 0 Å². The predicted molar refractivity (Wildman–Crippen MR) is 35.2 cm³/mol. The Hall–Kier alpha value is -0.800. The minimum atomic E-state index is -1.22. The first-order chi connectivity index (χ1) is 4.10. The third-order valence-electron chi connectivity index (χ3n) is 1.17. The Morgan fingerprint density at radius 2 is 2.33 bits per heavy atom. The van der Waals surface area contributed by atoms with Crippen LogP contribution < -0.4 is 11.5 Å². The Morgan fingerprint density at radius 3 is 2.67 bits per heavy atom. The molecule has 0 aromatic carbocycles. The summed E-state index contributed by atoms with van der Waals surface area (Å²) in [7, 11) is 0. The Labute approximate surface area is 53.7 Å². The molecule has 5 N–H and O–H groups in total. The third-order valence-corrected chi connectivity index (χ3v) is 1.17. The van der Waals surface area contributed by atoms with Crippen molar-refractivity contribution in [1.82, 2.24) is 0 Å². The van der Waals surface area contributed by atoms with Gasteiger partial charge >= 0.3 is 0 Å². The number of nitrogens with two attached hydrogens (primary N) is 2. The van der Waals surface area contributed by atoms with E-state index in [0.29, 0.717) is 12.1 Å². The van der Waals surface area contributed by atoms with Crippen molar-refractivity contribution in [3.05, 3.63) is 23.9 Å². The number of hydrogen-bond donors (Lipinski definition) is 3. The van der Waals surface area contributed by atoms with Gasteiger partial charge < -0.3 is 10.8 Å². The van der Waals surface area contributed by atoms with Crippen LogP contribution in [0.15, 0.2) is 23.9 Å². The van der Waals surface area contributed by atoms with Crippen molar-refractivity contribution < 1.29 is 5.11 Å². The largest absolute Gasteiger partial charge is 0.399 e. The van der Waals surface area contributed by atoms with E-state index in [9.17, 15) is 0 Å². The van der Waals surface area contributed by atoms with Crippen LogP contribution in [0.5, 0.6) is 0 Å². The van der Waals surface area contributed by atoms with E-state index in [1.54, 1.807) is 12.2 Å². The lowest BCUT2D eigenvalue weighted by molar-refractivity contribution is 0.0996. The second-order valence-electron chi connectivity index (χ2n) is 2.24. The van der Waals surface area contributed by atoms with Gasteiger partial charge in [-0.05, 0) is 12.2 Å². The summed E-state index contributed by atoms with van der Waals surface area (Å²) in [4.78, 5) is 0. The monoisotopic (exact) mass is 126 g/mol. The predicted octanol–water partition coefficient (Wildman–Crippen LogP) is -0.564. The molecule has 1 aliphatic carbocycles. The number of rotatable bonds is 0. The van der Waals surface area contributed by atoms with Crippen molar-refractivity contribution in [2.75, 3.05) is 0 Å². The van der Waals surface area contributed by atoms with Crippen LogP contribution in [-0.4, -0.2) is 10.8 Å².